The number of rotatable bonds is 3. The minimum Gasteiger partial charge on any atom is -0.365 e. The Morgan fingerprint density at radius 1 is 1.64 bits per heavy atom. The van der Waals surface area contributed by atoms with Crippen LogP contribution in [0.1, 0.15) is 9.67 Å². The standard InChI is InChI=1S/C7H9N3O3S/c1-9(2)7-4(10(12)13)3-5(14-7)6(8)11/h3H,1-2H3,(H2,8,11). The second-order valence-electron chi connectivity index (χ2n) is 2.82. The van der Waals surface area contributed by atoms with Gasteiger partial charge in [-0.15, -0.1) is 11.3 Å². The van der Waals surface area contributed by atoms with Crippen LogP contribution in [0.2, 0.25) is 0 Å². The number of nitrogens with two attached hydrogens (primary N) is 1. The summed E-state index contributed by atoms with van der Waals surface area (Å²) >= 11 is 1.01. The maximum Gasteiger partial charge on any atom is 0.304 e. The summed E-state index contributed by atoms with van der Waals surface area (Å²) in [5.41, 5.74) is 4.94. The molecule has 76 valence electrons. The first kappa shape index (κ1) is 10.5. The monoisotopic (exact) mass is 215 g/mol. The van der Waals surface area contributed by atoms with Gasteiger partial charge in [-0.1, -0.05) is 0 Å². The van der Waals surface area contributed by atoms with Gasteiger partial charge in [0.05, 0.1) is 4.92 Å². The lowest BCUT2D eigenvalue weighted by atomic mass is 10.4. The summed E-state index contributed by atoms with van der Waals surface area (Å²) in [6.45, 7) is 0. The summed E-state index contributed by atoms with van der Waals surface area (Å²) in [4.78, 5) is 22.6. The van der Waals surface area contributed by atoms with E-state index in [4.69, 9.17) is 5.73 Å². The fraction of sp³-hybridized carbons (Fsp3) is 0.286. The topological polar surface area (TPSA) is 89.5 Å². The molecule has 7 heteroatoms. The number of nitrogens with zero attached hydrogens (tertiary/aromatic N) is 2. The van der Waals surface area contributed by atoms with Gasteiger partial charge in [0.25, 0.3) is 5.91 Å². The van der Waals surface area contributed by atoms with Gasteiger partial charge in [0.15, 0.2) is 5.00 Å². The minimum absolute atomic E-state index is 0.0891. The van der Waals surface area contributed by atoms with E-state index in [1.165, 1.54) is 6.07 Å². The number of carbonyl (C=O) groups excluding carboxylic acids is 1. The van der Waals surface area contributed by atoms with Gasteiger partial charge in [-0.25, -0.2) is 0 Å². The predicted octanol–water partition coefficient (Wildman–Crippen LogP) is 0.821. The molecule has 0 saturated carbocycles. The van der Waals surface area contributed by atoms with Crippen molar-refractivity contribution in [3.63, 3.8) is 0 Å². The molecule has 0 bridgehead atoms. The lowest BCUT2D eigenvalue weighted by Gasteiger charge is -2.07. The van der Waals surface area contributed by atoms with Crippen LogP contribution in [0.25, 0.3) is 0 Å². The van der Waals surface area contributed by atoms with Gasteiger partial charge >= 0.3 is 5.69 Å². The molecule has 1 rings (SSSR count). The fourth-order valence-electron chi connectivity index (χ4n) is 0.944. The molecule has 0 aliphatic rings. The molecule has 2 N–H and O–H groups in total. The molecule has 6 nitrogen and oxygen atoms in total. The largest absolute Gasteiger partial charge is 0.365 e. The highest BCUT2D eigenvalue weighted by molar-refractivity contribution is 7.18. The van der Waals surface area contributed by atoms with Gasteiger partial charge in [0.2, 0.25) is 0 Å². The first-order chi connectivity index (χ1) is 6.43. The van der Waals surface area contributed by atoms with Crippen molar-refractivity contribution in [2.75, 3.05) is 19.0 Å². The van der Waals surface area contributed by atoms with Gasteiger partial charge in [0.1, 0.15) is 4.88 Å². The first-order valence-corrected chi connectivity index (χ1v) is 4.50. The molecule has 1 amide bonds. The molecule has 0 atom stereocenters. The molecule has 0 saturated heterocycles. The van der Waals surface area contributed by atoms with Gasteiger partial charge in [-0.2, -0.15) is 0 Å². The van der Waals surface area contributed by atoms with E-state index >= 15 is 0 Å². The van der Waals surface area contributed by atoms with Crippen LogP contribution >= 0.6 is 11.3 Å². The molecule has 0 spiro atoms. The first-order valence-electron chi connectivity index (χ1n) is 3.69. The Labute approximate surface area is 84.1 Å². The van der Waals surface area contributed by atoms with E-state index in [-0.39, 0.29) is 10.6 Å². The van der Waals surface area contributed by atoms with Crippen LogP contribution in [0.15, 0.2) is 6.07 Å². The summed E-state index contributed by atoms with van der Waals surface area (Å²) in [6.07, 6.45) is 0. The van der Waals surface area contributed by atoms with Crippen LogP contribution in [0.4, 0.5) is 10.7 Å². The summed E-state index contributed by atoms with van der Waals surface area (Å²) in [6, 6.07) is 1.20. The molecule has 1 heterocycles. The third-order valence-corrected chi connectivity index (χ3v) is 2.85. The zero-order chi connectivity index (χ0) is 10.9. The van der Waals surface area contributed by atoms with Crippen molar-refractivity contribution in [1.29, 1.82) is 0 Å². The molecule has 14 heavy (non-hydrogen) atoms. The summed E-state index contributed by atoms with van der Waals surface area (Å²) in [7, 11) is 3.34. The van der Waals surface area contributed by atoms with Crippen molar-refractivity contribution in [2.24, 2.45) is 5.73 Å². The molecule has 0 unspecified atom stereocenters. The average molecular weight is 215 g/mol. The Hall–Kier alpha value is -1.63. The van der Waals surface area contributed by atoms with Crippen molar-refractivity contribution in [2.45, 2.75) is 0 Å². The Morgan fingerprint density at radius 3 is 2.50 bits per heavy atom. The average Bonchev–Trinajstić information content (AvgIpc) is 2.47. The molecular weight excluding hydrogens is 206 g/mol. The van der Waals surface area contributed by atoms with Gasteiger partial charge in [-0.3, -0.25) is 14.9 Å². The highest BCUT2D eigenvalue weighted by Gasteiger charge is 2.22. The number of primary amides is 1. The quantitative estimate of drug-likeness (QED) is 0.597. The molecule has 1 aromatic heterocycles. The van der Waals surface area contributed by atoms with Gasteiger partial charge in [0, 0.05) is 20.2 Å². The summed E-state index contributed by atoms with van der Waals surface area (Å²) in [5, 5.41) is 11.0. The maximum absolute atomic E-state index is 10.8. The summed E-state index contributed by atoms with van der Waals surface area (Å²) in [5.74, 6) is -0.647. The van der Waals surface area contributed by atoms with Crippen molar-refractivity contribution >= 4 is 27.9 Å². The van der Waals surface area contributed by atoms with E-state index in [2.05, 4.69) is 0 Å². The zero-order valence-corrected chi connectivity index (χ0v) is 8.50. The number of anilines is 1. The normalized spacial score (nSPS) is 9.86. The van der Waals surface area contributed by atoms with E-state index in [0.717, 1.165) is 11.3 Å². The van der Waals surface area contributed by atoms with Crippen molar-refractivity contribution in [3.05, 3.63) is 21.1 Å². The second kappa shape index (κ2) is 3.62. The molecule has 0 fully saturated rings. The Kier molecular flexibility index (Phi) is 2.70. The summed E-state index contributed by atoms with van der Waals surface area (Å²) < 4.78 is 0. The van der Waals surface area contributed by atoms with Crippen LogP contribution in [-0.2, 0) is 0 Å². The molecule has 0 aliphatic heterocycles. The van der Waals surface area contributed by atoms with Gasteiger partial charge in [-0.05, 0) is 0 Å². The Morgan fingerprint density at radius 2 is 2.21 bits per heavy atom. The molecule has 1 aromatic rings. The lowest BCUT2D eigenvalue weighted by molar-refractivity contribution is -0.383. The van der Waals surface area contributed by atoms with E-state index in [0.29, 0.717) is 5.00 Å². The third-order valence-electron chi connectivity index (χ3n) is 1.54. The molecular formula is C7H9N3O3S. The highest BCUT2D eigenvalue weighted by Crippen LogP contribution is 2.35. The van der Waals surface area contributed by atoms with E-state index in [1.807, 2.05) is 0 Å². The van der Waals surface area contributed by atoms with E-state index < -0.39 is 10.8 Å². The van der Waals surface area contributed by atoms with Crippen LogP contribution in [0.3, 0.4) is 0 Å². The highest BCUT2D eigenvalue weighted by atomic mass is 32.1. The number of nitro groups is 1. The van der Waals surface area contributed by atoms with Crippen LogP contribution in [0.5, 0.6) is 0 Å². The Balaban J connectivity index is 3.26. The maximum atomic E-state index is 10.8. The molecule has 0 radical (unpaired) electrons. The number of thiophene rings is 1. The van der Waals surface area contributed by atoms with E-state index in [9.17, 15) is 14.9 Å². The Bertz CT molecular complexity index is 386. The number of hydrogen-bond acceptors (Lipinski definition) is 5. The number of hydrogen-bond donors (Lipinski definition) is 1. The van der Waals surface area contributed by atoms with Crippen molar-refractivity contribution in [1.82, 2.24) is 0 Å². The molecule has 0 aromatic carbocycles. The SMILES string of the molecule is CN(C)c1sc(C(N)=O)cc1[N+](=O)[O-]. The van der Waals surface area contributed by atoms with Gasteiger partial charge < -0.3 is 10.6 Å². The number of amides is 1. The van der Waals surface area contributed by atoms with Crippen molar-refractivity contribution in [3.8, 4) is 0 Å². The smallest absolute Gasteiger partial charge is 0.304 e. The molecule has 0 aliphatic carbocycles. The van der Waals surface area contributed by atoms with Crippen molar-refractivity contribution < 1.29 is 9.72 Å². The number of carbonyl (C=O) groups is 1. The third kappa shape index (κ3) is 1.82. The second-order valence-corrected chi connectivity index (χ2v) is 3.85. The van der Waals surface area contributed by atoms with Crippen LogP contribution in [-0.4, -0.2) is 24.9 Å². The fourth-order valence-corrected chi connectivity index (χ4v) is 1.84. The van der Waals surface area contributed by atoms with E-state index in [1.54, 1.807) is 19.0 Å². The lowest BCUT2D eigenvalue weighted by Crippen LogP contribution is -2.09. The van der Waals surface area contributed by atoms with Crippen LogP contribution in [0, 0.1) is 10.1 Å². The minimum atomic E-state index is -0.647. The predicted molar refractivity (Wildman–Crippen MR) is 53.8 cm³/mol. The zero-order valence-electron chi connectivity index (χ0n) is 7.68. The van der Waals surface area contributed by atoms with Crippen LogP contribution < -0.4 is 10.6 Å².